The van der Waals surface area contributed by atoms with Gasteiger partial charge < -0.3 is 5.11 Å². The Hall–Kier alpha value is -0.640. The normalized spacial score (nSPS) is 13.9. The first-order valence-electron chi connectivity index (χ1n) is 2.45. The van der Waals surface area contributed by atoms with Crippen molar-refractivity contribution in [1.82, 2.24) is 0 Å². The summed E-state index contributed by atoms with van der Waals surface area (Å²) in [5, 5.41) is 9.21. The molecule has 0 heterocycles. The molecule has 0 amide bonds. The summed E-state index contributed by atoms with van der Waals surface area (Å²) < 4.78 is 10.5. The molecule has 0 aromatic rings. The van der Waals surface area contributed by atoms with E-state index in [9.17, 15) is 9.00 Å². The first kappa shape index (κ1) is 8.36. The third-order valence-electron chi connectivity index (χ3n) is 0.647. The van der Waals surface area contributed by atoms with Gasteiger partial charge in [0.05, 0.1) is 0 Å². The van der Waals surface area contributed by atoms with Gasteiger partial charge in [-0.1, -0.05) is 6.92 Å². The van der Waals surface area contributed by atoms with Crippen LogP contribution in [0, 0.1) is 0 Å². The quantitative estimate of drug-likeness (QED) is 0.588. The molecule has 0 rings (SSSR count). The van der Waals surface area contributed by atoms with Gasteiger partial charge in [-0.25, -0.2) is 4.79 Å². The average Bonchev–Trinajstić information content (AvgIpc) is 1.83. The molecule has 0 aliphatic rings. The van der Waals surface area contributed by atoms with E-state index in [4.69, 9.17) is 5.11 Å². The summed E-state index contributed by atoms with van der Waals surface area (Å²) in [7, 11) is -1.11. The molecule has 0 saturated heterocycles. The Balaban J connectivity index is 3.71. The van der Waals surface area contributed by atoms with Crippen LogP contribution in [-0.2, 0) is 15.6 Å². The molecule has 0 fully saturated rings. The summed E-state index contributed by atoms with van der Waals surface area (Å²) in [4.78, 5) is 9.80. The second kappa shape index (κ2) is 4.26. The minimum Gasteiger partial charge on any atom is -0.478 e. The molecule has 0 aromatic heterocycles. The SMILES string of the molecule is CCS(=O)/C=C/C(=O)O. The number of hydrogen-bond donors (Lipinski definition) is 1. The molecular formula is C5H8O3S. The fourth-order valence-electron chi connectivity index (χ4n) is 0.230. The van der Waals surface area contributed by atoms with Crippen molar-refractivity contribution >= 4 is 16.8 Å². The molecule has 0 radical (unpaired) electrons. The van der Waals surface area contributed by atoms with Crippen LogP contribution in [0.4, 0.5) is 0 Å². The third kappa shape index (κ3) is 5.23. The number of rotatable bonds is 3. The molecule has 52 valence electrons. The zero-order valence-corrected chi connectivity index (χ0v) is 5.85. The van der Waals surface area contributed by atoms with Crippen LogP contribution in [0.2, 0.25) is 0 Å². The van der Waals surface area contributed by atoms with Crippen LogP contribution >= 0.6 is 0 Å². The van der Waals surface area contributed by atoms with Crippen molar-refractivity contribution in [3.05, 3.63) is 11.5 Å². The van der Waals surface area contributed by atoms with Gasteiger partial charge in [-0.3, -0.25) is 4.21 Å². The van der Waals surface area contributed by atoms with E-state index in [-0.39, 0.29) is 0 Å². The Morgan fingerprint density at radius 3 is 2.67 bits per heavy atom. The van der Waals surface area contributed by atoms with Crippen molar-refractivity contribution in [2.75, 3.05) is 5.75 Å². The minimum atomic E-state index is -1.11. The van der Waals surface area contributed by atoms with E-state index in [1.807, 2.05) is 0 Å². The van der Waals surface area contributed by atoms with Crippen molar-refractivity contribution in [3.63, 3.8) is 0 Å². The summed E-state index contributed by atoms with van der Waals surface area (Å²) >= 11 is 0. The number of hydrogen-bond acceptors (Lipinski definition) is 2. The van der Waals surface area contributed by atoms with E-state index in [1.165, 1.54) is 5.41 Å². The highest BCUT2D eigenvalue weighted by molar-refractivity contribution is 7.87. The van der Waals surface area contributed by atoms with Crippen LogP contribution < -0.4 is 0 Å². The predicted molar refractivity (Wildman–Crippen MR) is 35.5 cm³/mol. The first-order valence-corrected chi connectivity index (χ1v) is 3.83. The zero-order chi connectivity index (χ0) is 7.28. The fraction of sp³-hybridized carbons (Fsp3) is 0.400. The Labute approximate surface area is 55.8 Å². The van der Waals surface area contributed by atoms with Crippen LogP contribution in [0.15, 0.2) is 11.5 Å². The molecule has 9 heavy (non-hydrogen) atoms. The molecule has 1 unspecified atom stereocenters. The summed E-state index contributed by atoms with van der Waals surface area (Å²) in [6.07, 6.45) is 0.889. The van der Waals surface area contributed by atoms with Crippen molar-refractivity contribution in [2.45, 2.75) is 6.92 Å². The Morgan fingerprint density at radius 1 is 1.78 bits per heavy atom. The highest BCUT2D eigenvalue weighted by Gasteiger charge is 1.88. The Kier molecular flexibility index (Phi) is 3.96. The smallest absolute Gasteiger partial charge is 0.328 e. The lowest BCUT2D eigenvalue weighted by molar-refractivity contribution is -0.131. The molecule has 0 aliphatic heterocycles. The maximum absolute atomic E-state index is 10.5. The number of carboxylic acid groups (broad SMARTS) is 1. The van der Waals surface area contributed by atoms with Crippen LogP contribution in [0.1, 0.15) is 6.92 Å². The standard InChI is InChI=1S/C5H8O3S/c1-2-9(8)4-3-5(6)7/h3-4H,2H2,1H3,(H,6,7)/b4-3+. The second-order valence-electron chi connectivity index (χ2n) is 1.31. The fourth-order valence-corrected chi connectivity index (χ4v) is 0.691. The van der Waals surface area contributed by atoms with Gasteiger partial charge in [0, 0.05) is 28.0 Å². The van der Waals surface area contributed by atoms with Crippen LogP contribution in [0.5, 0.6) is 0 Å². The summed E-state index contributed by atoms with van der Waals surface area (Å²) in [6, 6.07) is 0. The van der Waals surface area contributed by atoms with E-state index >= 15 is 0 Å². The molecule has 0 bridgehead atoms. The summed E-state index contributed by atoms with van der Waals surface area (Å²) in [5.41, 5.74) is 0. The maximum Gasteiger partial charge on any atom is 0.328 e. The Morgan fingerprint density at radius 2 is 2.33 bits per heavy atom. The molecule has 0 spiro atoms. The highest BCUT2D eigenvalue weighted by atomic mass is 32.2. The molecule has 1 N–H and O–H groups in total. The van der Waals surface area contributed by atoms with Gasteiger partial charge in [-0.2, -0.15) is 0 Å². The van der Waals surface area contributed by atoms with Crippen molar-refractivity contribution in [3.8, 4) is 0 Å². The third-order valence-corrected chi connectivity index (χ3v) is 1.66. The monoisotopic (exact) mass is 148 g/mol. The van der Waals surface area contributed by atoms with Crippen LogP contribution in [-0.4, -0.2) is 21.0 Å². The molecule has 1 atom stereocenters. The van der Waals surface area contributed by atoms with Crippen molar-refractivity contribution in [1.29, 1.82) is 0 Å². The molecule has 3 nitrogen and oxygen atoms in total. The number of carbonyl (C=O) groups is 1. The van der Waals surface area contributed by atoms with Gasteiger partial charge in [0.1, 0.15) is 0 Å². The van der Waals surface area contributed by atoms with Gasteiger partial charge in [0.15, 0.2) is 0 Å². The van der Waals surface area contributed by atoms with E-state index in [0.29, 0.717) is 5.75 Å². The number of aliphatic carboxylic acids is 1. The van der Waals surface area contributed by atoms with E-state index in [2.05, 4.69) is 0 Å². The molecule has 0 saturated carbocycles. The van der Waals surface area contributed by atoms with Crippen molar-refractivity contribution in [2.24, 2.45) is 0 Å². The largest absolute Gasteiger partial charge is 0.478 e. The number of carboxylic acids is 1. The average molecular weight is 148 g/mol. The molecular weight excluding hydrogens is 140 g/mol. The van der Waals surface area contributed by atoms with E-state index in [1.54, 1.807) is 6.92 Å². The highest BCUT2D eigenvalue weighted by Crippen LogP contribution is 1.82. The molecule has 0 aliphatic carbocycles. The first-order chi connectivity index (χ1) is 4.16. The van der Waals surface area contributed by atoms with Gasteiger partial charge in [0.2, 0.25) is 0 Å². The van der Waals surface area contributed by atoms with Crippen LogP contribution in [0.3, 0.4) is 0 Å². The van der Waals surface area contributed by atoms with Gasteiger partial charge in [-0.15, -0.1) is 0 Å². The minimum absolute atomic E-state index is 0.462. The summed E-state index contributed by atoms with van der Waals surface area (Å²) in [5.74, 6) is -0.596. The zero-order valence-electron chi connectivity index (χ0n) is 5.03. The van der Waals surface area contributed by atoms with E-state index in [0.717, 1.165) is 6.08 Å². The second-order valence-corrected chi connectivity index (χ2v) is 2.92. The van der Waals surface area contributed by atoms with Crippen molar-refractivity contribution < 1.29 is 14.1 Å². The topological polar surface area (TPSA) is 54.4 Å². The summed E-state index contributed by atoms with van der Waals surface area (Å²) in [6.45, 7) is 1.72. The molecule has 4 heteroatoms. The molecule has 0 aromatic carbocycles. The van der Waals surface area contributed by atoms with Gasteiger partial charge >= 0.3 is 5.97 Å². The predicted octanol–water partition coefficient (Wildman–Crippen LogP) is 0.353. The Bertz CT molecular complexity index is 150. The van der Waals surface area contributed by atoms with Gasteiger partial charge in [0.25, 0.3) is 0 Å². The maximum atomic E-state index is 10.5. The lowest BCUT2D eigenvalue weighted by atomic mass is 10.7. The lowest BCUT2D eigenvalue weighted by Crippen LogP contribution is -1.90. The lowest BCUT2D eigenvalue weighted by Gasteiger charge is -1.82. The van der Waals surface area contributed by atoms with Gasteiger partial charge in [-0.05, 0) is 0 Å². The van der Waals surface area contributed by atoms with E-state index < -0.39 is 16.8 Å². The van der Waals surface area contributed by atoms with Crippen LogP contribution in [0.25, 0.3) is 0 Å².